The third kappa shape index (κ3) is 3.74. The van der Waals surface area contributed by atoms with E-state index >= 15 is 0 Å². The predicted octanol–water partition coefficient (Wildman–Crippen LogP) is 4.92. The van der Waals surface area contributed by atoms with Crippen LogP contribution in [0.1, 0.15) is 39.6 Å². The molecule has 1 aliphatic rings. The minimum absolute atomic E-state index is 0.150. The Morgan fingerprint density at radius 2 is 1.93 bits per heavy atom. The van der Waals surface area contributed by atoms with Crippen molar-refractivity contribution in [2.75, 3.05) is 5.32 Å². The van der Waals surface area contributed by atoms with Crippen LogP contribution in [0, 0.1) is 6.92 Å². The maximum atomic E-state index is 13.0. The second-order valence-electron chi connectivity index (χ2n) is 7.02. The van der Waals surface area contributed by atoms with Crippen molar-refractivity contribution in [2.24, 2.45) is 0 Å². The van der Waals surface area contributed by atoms with Gasteiger partial charge in [-0.3, -0.25) is 4.79 Å². The number of hydrogen-bond donors (Lipinski definition) is 1. The number of nitrogens with zero attached hydrogens (tertiary/aromatic N) is 1. The summed E-state index contributed by atoms with van der Waals surface area (Å²) in [5, 5.41) is 4.07. The number of aryl methyl sites for hydroxylation is 2. The van der Waals surface area contributed by atoms with Gasteiger partial charge in [0.25, 0.3) is 0 Å². The number of nitrogens with one attached hydrogen (secondary N) is 1. The Bertz CT molecular complexity index is 985. The van der Waals surface area contributed by atoms with Crippen LogP contribution in [-0.2, 0) is 13.0 Å². The Morgan fingerprint density at radius 1 is 1.11 bits per heavy atom. The van der Waals surface area contributed by atoms with E-state index in [9.17, 15) is 4.79 Å². The first-order chi connectivity index (χ1) is 13.1. The number of carbonyl (C=O) groups excluding carboxylic acids is 1. The van der Waals surface area contributed by atoms with Gasteiger partial charge in [0, 0.05) is 48.3 Å². The smallest absolute Gasteiger partial charge is 0.230 e. The summed E-state index contributed by atoms with van der Waals surface area (Å²) in [4.78, 5) is 13.0. The van der Waals surface area contributed by atoms with Crippen LogP contribution in [0.15, 0.2) is 66.9 Å². The van der Waals surface area contributed by atoms with Crippen molar-refractivity contribution >= 4 is 23.1 Å². The van der Waals surface area contributed by atoms with Crippen LogP contribution >= 0.6 is 11.6 Å². The Labute approximate surface area is 164 Å². The van der Waals surface area contributed by atoms with Crippen LogP contribution < -0.4 is 9.88 Å². The molecule has 0 fully saturated rings. The third-order valence-corrected chi connectivity index (χ3v) is 5.42. The Balaban J connectivity index is 1.53. The largest absolute Gasteiger partial charge is 0.381 e. The molecule has 1 heterocycles. The summed E-state index contributed by atoms with van der Waals surface area (Å²) < 4.78 is 2.08. The van der Waals surface area contributed by atoms with Crippen molar-refractivity contribution in [3.05, 3.63) is 94.3 Å². The molecule has 3 nitrogen and oxygen atoms in total. The van der Waals surface area contributed by atoms with Crippen molar-refractivity contribution < 1.29 is 9.36 Å². The molecule has 1 aromatic heterocycles. The average molecular weight is 378 g/mol. The number of rotatable bonds is 4. The summed E-state index contributed by atoms with van der Waals surface area (Å²) in [5.41, 5.74) is 5.22. The Hall–Kier alpha value is -2.65. The summed E-state index contributed by atoms with van der Waals surface area (Å²) in [6.07, 6.45) is 3.72. The number of carbonyl (C=O) groups is 1. The fourth-order valence-electron chi connectivity index (χ4n) is 3.75. The molecule has 0 radical (unpaired) electrons. The molecule has 0 saturated carbocycles. The summed E-state index contributed by atoms with van der Waals surface area (Å²) in [5.74, 6) is 0.150. The van der Waals surface area contributed by atoms with Crippen LogP contribution in [0.25, 0.3) is 0 Å². The molecular weight excluding hydrogens is 356 g/mol. The van der Waals surface area contributed by atoms with Crippen LogP contribution in [0.5, 0.6) is 0 Å². The lowest BCUT2D eigenvalue weighted by atomic mass is 9.87. The minimum Gasteiger partial charge on any atom is -0.381 e. The average Bonchev–Trinajstić information content (AvgIpc) is 2.69. The van der Waals surface area contributed by atoms with Gasteiger partial charge < -0.3 is 5.32 Å². The fourth-order valence-corrected chi connectivity index (χ4v) is 3.92. The third-order valence-electron chi connectivity index (χ3n) is 5.19. The van der Waals surface area contributed by atoms with Crippen molar-refractivity contribution in [1.29, 1.82) is 0 Å². The SMILES string of the molecule is Cc1cc(NCc2ccccc2)cc[n+]1C1CCc2ccc(Cl)cc2C1=O. The molecule has 4 rings (SSSR count). The van der Waals surface area contributed by atoms with Crippen LogP contribution in [0.3, 0.4) is 0 Å². The molecule has 3 aromatic rings. The van der Waals surface area contributed by atoms with Crippen molar-refractivity contribution in [3.63, 3.8) is 0 Å². The standard InChI is InChI=1S/C23H21ClN2O/c1-16-13-20(25-15-17-5-3-2-4-6-17)11-12-26(16)22-10-8-18-7-9-19(24)14-21(18)23(22)27/h2-7,9,11-14,22H,8,10,15H2,1H3/p+1. The first-order valence-corrected chi connectivity index (χ1v) is 9.62. The van der Waals surface area contributed by atoms with Gasteiger partial charge in [0.05, 0.1) is 0 Å². The normalized spacial score (nSPS) is 16.1. The Kier molecular flexibility index (Phi) is 4.95. The fraction of sp³-hybridized carbons (Fsp3) is 0.217. The lowest BCUT2D eigenvalue weighted by Crippen LogP contribution is -2.48. The number of fused-ring (bicyclic) bond motifs is 1. The van der Waals surface area contributed by atoms with Gasteiger partial charge in [-0.1, -0.05) is 48.0 Å². The lowest BCUT2D eigenvalue weighted by molar-refractivity contribution is -0.714. The van der Waals surface area contributed by atoms with Crippen molar-refractivity contribution in [1.82, 2.24) is 0 Å². The number of anilines is 1. The number of hydrogen-bond acceptors (Lipinski definition) is 2. The van der Waals surface area contributed by atoms with Crippen molar-refractivity contribution in [2.45, 2.75) is 32.4 Å². The highest BCUT2D eigenvalue weighted by Gasteiger charge is 2.35. The highest BCUT2D eigenvalue weighted by atomic mass is 35.5. The minimum atomic E-state index is -0.167. The van der Waals surface area contributed by atoms with E-state index in [2.05, 4.69) is 35.0 Å². The van der Waals surface area contributed by atoms with Crippen LogP contribution in [-0.4, -0.2) is 5.78 Å². The molecule has 1 N–H and O–H groups in total. The summed E-state index contributed by atoms with van der Waals surface area (Å²) >= 11 is 6.11. The first kappa shape index (κ1) is 17.7. The van der Waals surface area contributed by atoms with Gasteiger partial charge in [-0.15, -0.1) is 0 Å². The molecule has 0 amide bonds. The van der Waals surface area contributed by atoms with E-state index in [0.717, 1.165) is 41.9 Å². The zero-order chi connectivity index (χ0) is 18.8. The van der Waals surface area contributed by atoms with Gasteiger partial charge in [-0.25, -0.2) is 0 Å². The second-order valence-corrected chi connectivity index (χ2v) is 7.46. The Morgan fingerprint density at radius 3 is 2.70 bits per heavy atom. The van der Waals surface area contributed by atoms with E-state index in [1.807, 2.05) is 42.6 Å². The molecule has 1 unspecified atom stereocenters. The molecule has 27 heavy (non-hydrogen) atoms. The molecule has 1 atom stereocenters. The molecule has 136 valence electrons. The molecule has 2 aromatic carbocycles. The van der Waals surface area contributed by atoms with Crippen molar-refractivity contribution in [3.8, 4) is 0 Å². The molecule has 0 bridgehead atoms. The molecule has 0 spiro atoms. The maximum Gasteiger partial charge on any atom is 0.230 e. The molecule has 1 aliphatic carbocycles. The van der Waals surface area contributed by atoms with E-state index in [1.54, 1.807) is 6.07 Å². The maximum absolute atomic E-state index is 13.0. The van der Waals surface area contributed by atoms with Crippen LogP contribution in [0.4, 0.5) is 5.69 Å². The predicted molar refractivity (Wildman–Crippen MR) is 108 cm³/mol. The summed E-state index contributed by atoms with van der Waals surface area (Å²) in [7, 11) is 0. The first-order valence-electron chi connectivity index (χ1n) is 9.24. The number of ketones is 1. The second kappa shape index (κ2) is 7.53. The quantitative estimate of drug-likeness (QED) is 0.655. The molecule has 4 heteroatoms. The molecule has 0 aliphatic heterocycles. The van der Waals surface area contributed by atoms with E-state index in [0.29, 0.717) is 5.02 Å². The number of pyridine rings is 1. The molecular formula is C23H22ClN2O+. The van der Waals surface area contributed by atoms with Gasteiger partial charge in [0.2, 0.25) is 11.8 Å². The molecule has 0 saturated heterocycles. The highest BCUT2D eigenvalue weighted by Crippen LogP contribution is 2.28. The van der Waals surface area contributed by atoms with E-state index in [4.69, 9.17) is 11.6 Å². The lowest BCUT2D eigenvalue weighted by Gasteiger charge is -2.21. The van der Waals surface area contributed by atoms with E-state index < -0.39 is 0 Å². The number of Topliss-reactive ketones (excluding diaryl/α,β-unsaturated/α-hetero) is 1. The number of aromatic nitrogens is 1. The van der Waals surface area contributed by atoms with Crippen LogP contribution in [0.2, 0.25) is 5.02 Å². The number of halogens is 1. The monoisotopic (exact) mass is 377 g/mol. The topological polar surface area (TPSA) is 33.0 Å². The van der Waals surface area contributed by atoms with Gasteiger partial charge in [0.1, 0.15) is 0 Å². The van der Waals surface area contributed by atoms with E-state index in [-0.39, 0.29) is 11.8 Å². The van der Waals surface area contributed by atoms with Gasteiger partial charge >= 0.3 is 0 Å². The van der Waals surface area contributed by atoms with E-state index in [1.165, 1.54) is 5.56 Å². The number of benzene rings is 2. The summed E-state index contributed by atoms with van der Waals surface area (Å²) in [6, 6.07) is 19.9. The zero-order valence-corrected chi connectivity index (χ0v) is 16.0. The van der Waals surface area contributed by atoms with Gasteiger partial charge in [-0.2, -0.15) is 4.57 Å². The zero-order valence-electron chi connectivity index (χ0n) is 15.3. The highest BCUT2D eigenvalue weighted by molar-refractivity contribution is 6.31. The van der Waals surface area contributed by atoms with Gasteiger partial charge in [0.15, 0.2) is 11.9 Å². The summed E-state index contributed by atoms with van der Waals surface area (Å²) in [6.45, 7) is 2.83. The van der Waals surface area contributed by atoms with Gasteiger partial charge in [-0.05, 0) is 29.7 Å².